The number of thioether (sulfide) groups is 1. The molecule has 1 atom stereocenters. The first kappa shape index (κ1) is 28.4. The van der Waals surface area contributed by atoms with Crippen LogP contribution in [0.2, 0.25) is 0 Å². The van der Waals surface area contributed by atoms with Crippen molar-refractivity contribution in [3.63, 3.8) is 0 Å². The van der Waals surface area contributed by atoms with Gasteiger partial charge >= 0.3 is 5.69 Å². The second kappa shape index (κ2) is 11.4. The van der Waals surface area contributed by atoms with E-state index >= 15 is 4.39 Å². The summed E-state index contributed by atoms with van der Waals surface area (Å²) in [4.78, 5) is 49.0. The van der Waals surface area contributed by atoms with Crippen LogP contribution >= 0.6 is 11.8 Å². The molecule has 0 aromatic carbocycles. The molecule has 1 amide bonds. The smallest absolute Gasteiger partial charge is 0.350 e. The average Bonchev–Trinajstić information content (AvgIpc) is 2.96. The van der Waals surface area contributed by atoms with Crippen molar-refractivity contribution in [1.82, 2.24) is 29.4 Å². The summed E-state index contributed by atoms with van der Waals surface area (Å²) < 4.78 is 17.4. The zero-order valence-electron chi connectivity index (χ0n) is 23.8. The third kappa shape index (κ3) is 5.10. The summed E-state index contributed by atoms with van der Waals surface area (Å²) in [5.74, 6) is -0.396. The molecule has 11 heteroatoms. The SMILES string of the molecule is C=CC(=O)N1CCN(c2nc(=O)n(-c3c(C)ccnc3C(C)C)c3nc(-c4ncccc4SC)c(F)cc23)[C@@H](C)C1. The van der Waals surface area contributed by atoms with Crippen molar-refractivity contribution in [2.75, 3.05) is 30.8 Å². The highest BCUT2D eigenvalue weighted by Crippen LogP contribution is 2.35. The molecule has 4 aromatic rings. The van der Waals surface area contributed by atoms with Crippen LogP contribution in [0.5, 0.6) is 0 Å². The molecule has 0 aliphatic carbocycles. The van der Waals surface area contributed by atoms with E-state index in [2.05, 4.69) is 21.5 Å². The molecule has 0 N–H and O–H groups in total. The van der Waals surface area contributed by atoms with E-state index in [1.165, 1.54) is 28.5 Å². The van der Waals surface area contributed by atoms with Gasteiger partial charge < -0.3 is 9.80 Å². The predicted octanol–water partition coefficient (Wildman–Crippen LogP) is 4.75. The fourth-order valence-electron chi connectivity index (χ4n) is 5.31. The Morgan fingerprint density at radius 2 is 1.95 bits per heavy atom. The third-order valence-electron chi connectivity index (χ3n) is 7.33. The van der Waals surface area contributed by atoms with Gasteiger partial charge in [-0.3, -0.25) is 14.8 Å². The largest absolute Gasteiger partial charge is 0.355 e. The number of amides is 1. The van der Waals surface area contributed by atoms with Crippen molar-refractivity contribution < 1.29 is 9.18 Å². The molecule has 9 nitrogen and oxygen atoms in total. The Labute approximate surface area is 242 Å². The molecule has 5 heterocycles. The quantitative estimate of drug-likeness (QED) is 0.241. The number of anilines is 1. The number of hydrogen-bond donors (Lipinski definition) is 0. The minimum absolute atomic E-state index is 0.000765. The van der Waals surface area contributed by atoms with E-state index in [0.29, 0.717) is 47.9 Å². The van der Waals surface area contributed by atoms with Gasteiger partial charge in [-0.05, 0) is 61.9 Å². The van der Waals surface area contributed by atoms with Gasteiger partial charge in [0.05, 0.1) is 16.8 Å². The van der Waals surface area contributed by atoms with Crippen molar-refractivity contribution >= 4 is 34.5 Å². The van der Waals surface area contributed by atoms with Gasteiger partial charge in [-0.25, -0.2) is 18.7 Å². The summed E-state index contributed by atoms with van der Waals surface area (Å²) in [6.07, 6.45) is 6.50. The number of aryl methyl sites for hydroxylation is 1. The number of piperazine rings is 1. The van der Waals surface area contributed by atoms with Crippen molar-refractivity contribution in [2.45, 2.75) is 44.6 Å². The summed E-state index contributed by atoms with van der Waals surface area (Å²) in [6.45, 7) is 12.7. The van der Waals surface area contributed by atoms with Crippen molar-refractivity contribution in [2.24, 2.45) is 0 Å². The Kier molecular flexibility index (Phi) is 7.90. The molecular weight excluding hydrogens is 541 g/mol. The summed E-state index contributed by atoms with van der Waals surface area (Å²) in [6, 6.07) is 6.69. The van der Waals surface area contributed by atoms with Gasteiger partial charge in [0.25, 0.3) is 0 Å². The van der Waals surface area contributed by atoms with Crippen LogP contribution in [0.4, 0.5) is 10.2 Å². The molecule has 41 heavy (non-hydrogen) atoms. The summed E-state index contributed by atoms with van der Waals surface area (Å²) in [7, 11) is 0. The van der Waals surface area contributed by atoms with E-state index in [-0.39, 0.29) is 29.2 Å². The molecule has 212 valence electrons. The summed E-state index contributed by atoms with van der Waals surface area (Å²) in [5.41, 5.74) is 2.29. The van der Waals surface area contributed by atoms with Crippen LogP contribution < -0.4 is 10.6 Å². The molecule has 1 saturated heterocycles. The Bertz CT molecular complexity index is 1720. The molecule has 4 aromatic heterocycles. The van der Waals surface area contributed by atoms with Crippen LogP contribution in [0.1, 0.15) is 37.9 Å². The lowest BCUT2D eigenvalue weighted by molar-refractivity contribution is -0.126. The lowest BCUT2D eigenvalue weighted by atomic mass is 10.0. The maximum atomic E-state index is 16.0. The van der Waals surface area contributed by atoms with Crippen molar-refractivity contribution in [3.05, 3.63) is 76.9 Å². The van der Waals surface area contributed by atoms with Crippen LogP contribution in [0, 0.1) is 12.7 Å². The Hall–Kier alpha value is -4.12. The molecule has 1 aliphatic rings. The number of hydrogen-bond acceptors (Lipinski definition) is 8. The van der Waals surface area contributed by atoms with E-state index in [1.807, 2.05) is 51.0 Å². The molecule has 0 bridgehead atoms. The highest BCUT2D eigenvalue weighted by molar-refractivity contribution is 7.98. The van der Waals surface area contributed by atoms with E-state index in [9.17, 15) is 9.59 Å². The van der Waals surface area contributed by atoms with Gasteiger partial charge in [-0.1, -0.05) is 20.4 Å². The lowest BCUT2D eigenvalue weighted by Gasteiger charge is -2.40. The number of carbonyl (C=O) groups excluding carboxylic acids is 1. The van der Waals surface area contributed by atoms with E-state index in [1.54, 1.807) is 23.4 Å². The summed E-state index contributed by atoms with van der Waals surface area (Å²) >= 11 is 1.44. The highest BCUT2D eigenvalue weighted by atomic mass is 32.2. The second-order valence-corrected chi connectivity index (χ2v) is 11.2. The number of fused-ring (bicyclic) bond motifs is 1. The van der Waals surface area contributed by atoms with Crippen LogP contribution in [0.15, 0.2) is 59.0 Å². The fraction of sp³-hybridized carbons (Fsp3) is 0.333. The zero-order valence-corrected chi connectivity index (χ0v) is 24.6. The number of aromatic nitrogens is 5. The number of pyridine rings is 3. The lowest BCUT2D eigenvalue weighted by Crippen LogP contribution is -2.54. The van der Waals surface area contributed by atoms with Gasteiger partial charge in [0.2, 0.25) is 5.91 Å². The highest BCUT2D eigenvalue weighted by Gasteiger charge is 2.30. The maximum absolute atomic E-state index is 16.0. The molecule has 5 rings (SSSR count). The molecule has 0 radical (unpaired) electrons. The van der Waals surface area contributed by atoms with Gasteiger partial charge in [0.1, 0.15) is 17.2 Å². The second-order valence-electron chi connectivity index (χ2n) is 10.3. The van der Waals surface area contributed by atoms with Crippen molar-refractivity contribution in [3.8, 4) is 17.1 Å². The molecular formula is C30H32FN7O2S. The Morgan fingerprint density at radius 1 is 1.17 bits per heavy atom. The van der Waals surface area contributed by atoms with Crippen molar-refractivity contribution in [1.29, 1.82) is 0 Å². The van der Waals surface area contributed by atoms with E-state index in [4.69, 9.17) is 4.98 Å². The number of rotatable bonds is 6. The molecule has 0 saturated carbocycles. The minimum atomic E-state index is -0.570. The number of carbonyl (C=O) groups is 1. The average molecular weight is 574 g/mol. The van der Waals surface area contributed by atoms with Crippen LogP contribution in [0.3, 0.4) is 0 Å². The normalized spacial score (nSPS) is 15.5. The fourth-order valence-corrected chi connectivity index (χ4v) is 5.87. The van der Waals surface area contributed by atoms with E-state index in [0.717, 1.165) is 10.5 Å². The maximum Gasteiger partial charge on any atom is 0.355 e. The molecule has 1 aliphatic heterocycles. The molecule has 0 spiro atoms. The van der Waals surface area contributed by atoms with Gasteiger partial charge in [0, 0.05) is 43.0 Å². The monoisotopic (exact) mass is 573 g/mol. The van der Waals surface area contributed by atoms with Crippen LogP contribution in [-0.2, 0) is 4.79 Å². The Balaban J connectivity index is 1.82. The predicted molar refractivity (Wildman–Crippen MR) is 160 cm³/mol. The zero-order chi connectivity index (χ0) is 29.4. The minimum Gasteiger partial charge on any atom is -0.350 e. The Morgan fingerprint density at radius 3 is 2.63 bits per heavy atom. The van der Waals surface area contributed by atoms with Gasteiger partial charge in [-0.15, -0.1) is 11.8 Å². The van der Waals surface area contributed by atoms with Gasteiger partial charge in [0.15, 0.2) is 11.5 Å². The molecule has 1 fully saturated rings. The van der Waals surface area contributed by atoms with Crippen LogP contribution in [-0.4, -0.2) is 67.2 Å². The molecule has 0 unspecified atom stereocenters. The third-order valence-corrected chi connectivity index (χ3v) is 8.10. The topological polar surface area (TPSA) is 97.1 Å². The first-order valence-corrected chi connectivity index (χ1v) is 14.6. The van der Waals surface area contributed by atoms with E-state index < -0.39 is 11.5 Å². The summed E-state index contributed by atoms with van der Waals surface area (Å²) in [5, 5.41) is 0.390. The first-order valence-electron chi connectivity index (χ1n) is 13.4. The standard InChI is InChI=1S/C30H32FN7O2S/c1-7-23(39)36-13-14-37(19(5)16-36)28-20-15-21(31)25(26-22(41-6)9-8-11-32-26)34-29(20)38(30(40)35-28)27-18(4)10-12-33-24(27)17(2)3/h7-12,15,17,19H,1,13-14,16H2,2-6H3/t19-/m0/s1. The first-order chi connectivity index (χ1) is 19.7. The van der Waals surface area contributed by atoms with Gasteiger partial charge in [-0.2, -0.15) is 4.98 Å². The number of nitrogens with zero attached hydrogens (tertiary/aromatic N) is 7. The van der Waals surface area contributed by atoms with Crippen LogP contribution in [0.25, 0.3) is 28.1 Å². The number of halogens is 1.